The van der Waals surface area contributed by atoms with Crippen molar-refractivity contribution in [1.29, 1.82) is 0 Å². The van der Waals surface area contributed by atoms with Crippen LogP contribution in [0.25, 0.3) is 0 Å². The van der Waals surface area contributed by atoms with Gasteiger partial charge in [0.2, 0.25) is 0 Å². The molecule has 0 aliphatic carbocycles. The van der Waals surface area contributed by atoms with Crippen LogP contribution < -0.4 is 0 Å². The lowest BCUT2D eigenvalue weighted by Gasteiger charge is -2.43. The number of alkyl halides is 17. The summed E-state index contributed by atoms with van der Waals surface area (Å²) >= 11 is 0. The first-order valence-electron chi connectivity index (χ1n) is 12.4. The number of benzene rings is 1. The van der Waals surface area contributed by atoms with Gasteiger partial charge in [0, 0.05) is 6.42 Å². The van der Waals surface area contributed by atoms with Crippen LogP contribution in [0, 0.1) is 0 Å². The minimum Gasteiger partial charge on any atom is -0.368 e. The van der Waals surface area contributed by atoms with Crippen LogP contribution >= 0.6 is 0 Å². The fourth-order valence-corrected chi connectivity index (χ4v) is 4.42. The second-order valence-corrected chi connectivity index (χ2v) is 10.6. The van der Waals surface area contributed by atoms with Crippen molar-refractivity contribution in [1.82, 2.24) is 0 Å². The summed E-state index contributed by atoms with van der Waals surface area (Å²) in [6.45, 7) is 2.40. The minimum atomic E-state index is -8.67. The van der Waals surface area contributed by atoms with Crippen molar-refractivity contribution < 1.29 is 93.6 Å². The summed E-state index contributed by atoms with van der Waals surface area (Å²) in [7, 11) is 0. The van der Waals surface area contributed by atoms with Gasteiger partial charge >= 0.3 is 47.6 Å². The van der Waals surface area contributed by atoms with E-state index in [1.54, 1.807) is 18.2 Å². The Labute approximate surface area is 241 Å². The fraction of sp³-hybridized carbons (Fsp3) is 0.750. The maximum absolute atomic E-state index is 14.5. The molecule has 0 spiro atoms. The average molecular weight is 696 g/mol. The van der Waals surface area contributed by atoms with Crippen LogP contribution in [-0.4, -0.2) is 78.0 Å². The predicted octanol–water partition coefficient (Wildman–Crippen LogP) is 8.24. The maximum Gasteiger partial charge on any atom is 0.460 e. The normalized spacial score (nSPS) is 25.5. The molecule has 260 valence electrons. The standard InChI is InChI=1S/C24H21F17O4/c1-16(2)44-14-13(42-10-11-6-4-3-5-7-11)12(43-15(14)45-16)8-9-17(25,26)18(27,28)19(29,30)20(31,32)21(33,34)22(35,36)23(37,38)24(39,40)41/h3-7,12-15H,8-10H2,1-2H3/t12-,13+,14-,15-/m1/s1. The molecular weight excluding hydrogens is 675 g/mol. The van der Waals surface area contributed by atoms with Crippen molar-refractivity contribution in [3.8, 4) is 0 Å². The summed E-state index contributed by atoms with van der Waals surface area (Å²) in [6.07, 6.45) is -18.0. The molecule has 0 unspecified atom stereocenters. The lowest BCUT2D eigenvalue weighted by Crippen LogP contribution is -2.74. The van der Waals surface area contributed by atoms with Crippen LogP contribution in [0.4, 0.5) is 74.6 Å². The Morgan fingerprint density at radius 2 is 1.11 bits per heavy atom. The van der Waals surface area contributed by atoms with E-state index in [0.29, 0.717) is 5.56 Å². The van der Waals surface area contributed by atoms with Crippen LogP contribution in [0.3, 0.4) is 0 Å². The van der Waals surface area contributed by atoms with E-state index in [1.165, 1.54) is 26.0 Å². The summed E-state index contributed by atoms with van der Waals surface area (Å²) < 4.78 is 252. The first-order valence-corrected chi connectivity index (χ1v) is 12.4. The van der Waals surface area contributed by atoms with E-state index in [4.69, 9.17) is 18.9 Å². The highest BCUT2D eigenvalue weighted by Gasteiger charge is 2.95. The van der Waals surface area contributed by atoms with Crippen LogP contribution in [-0.2, 0) is 25.6 Å². The lowest BCUT2D eigenvalue weighted by molar-refractivity contribution is -0.461. The molecule has 4 atom stereocenters. The molecule has 1 aromatic rings. The second kappa shape index (κ2) is 11.2. The maximum atomic E-state index is 14.5. The average Bonchev–Trinajstić information content (AvgIpc) is 3.36. The quantitative estimate of drug-likeness (QED) is 0.207. The summed E-state index contributed by atoms with van der Waals surface area (Å²) in [6, 6.07) is 7.71. The number of hydrogen-bond donors (Lipinski definition) is 0. The largest absolute Gasteiger partial charge is 0.460 e. The zero-order valence-electron chi connectivity index (χ0n) is 22.4. The number of rotatable bonds is 12. The van der Waals surface area contributed by atoms with Gasteiger partial charge in [-0.15, -0.1) is 0 Å². The van der Waals surface area contributed by atoms with E-state index in [2.05, 4.69) is 0 Å². The molecule has 0 bridgehead atoms. The zero-order valence-corrected chi connectivity index (χ0v) is 22.4. The van der Waals surface area contributed by atoms with Crippen LogP contribution in [0.1, 0.15) is 32.3 Å². The Kier molecular flexibility index (Phi) is 9.33. The molecule has 0 saturated carbocycles. The smallest absolute Gasteiger partial charge is 0.368 e. The Bertz CT molecular complexity index is 1190. The van der Waals surface area contributed by atoms with Gasteiger partial charge in [0.15, 0.2) is 12.1 Å². The summed E-state index contributed by atoms with van der Waals surface area (Å²) in [5.41, 5.74) is 0.449. The molecule has 2 saturated heterocycles. The first-order chi connectivity index (χ1) is 20.0. The molecule has 2 heterocycles. The molecule has 2 aliphatic rings. The van der Waals surface area contributed by atoms with Gasteiger partial charge in [-0.25, -0.2) is 0 Å². The zero-order chi connectivity index (χ0) is 34.9. The number of ether oxygens (including phenoxy) is 4. The Morgan fingerprint density at radius 1 is 0.644 bits per heavy atom. The highest BCUT2D eigenvalue weighted by atomic mass is 19.4. The number of fused-ring (bicyclic) bond motifs is 1. The van der Waals surface area contributed by atoms with Gasteiger partial charge in [-0.3, -0.25) is 0 Å². The molecule has 45 heavy (non-hydrogen) atoms. The molecule has 0 amide bonds. The molecule has 2 aliphatic heterocycles. The lowest BCUT2D eigenvalue weighted by atomic mass is 9.87. The highest BCUT2D eigenvalue weighted by Crippen LogP contribution is 2.64. The van der Waals surface area contributed by atoms with Crippen molar-refractivity contribution in [3.63, 3.8) is 0 Å². The van der Waals surface area contributed by atoms with Gasteiger partial charge in [-0.2, -0.15) is 74.6 Å². The Hall–Kier alpha value is -2.13. The third-order valence-corrected chi connectivity index (χ3v) is 6.90. The highest BCUT2D eigenvalue weighted by molar-refractivity contribution is 5.16. The molecule has 21 heteroatoms. The topological polar surface area (TPSA) is 36.9 Å². The van der Waals surface area contributed by atoms with Crippen molar-refractivity contribution in [2.24, 2.45) is 0 Å². The van der Waals surface area contributed by atoms with E-state index < -0.39 is 90.9 Å². The molecule has 1 aromatic carbocycles. The third kappa shape index (κ3) is 5.94. The minimum absolute atomic E-state index is 0.318. The van der Waals surface area contributed by atoms with Gasteiger partial charge in [0.05, 0.1) is 12.7 Å². The fourth-order valence-electron chi connectivity index (χ4n) is 4.42. The Morgan fingerprint density at radius 3 is 1.60 bits per heavy atom. The third-order valence-electron chi connectivity index (χ3n) is 6.90. The van der Waals surface area contributed by atoms with E-state index >= 15 is 0 Å². The number of hydrogen-bond acceptors (Lipinski definition) is 4. The van der Waals surface area contributed by atoms with Crippen molar-refractivity contribution >= 4 is 0 Å². The monoisotopic (exact) mass is 696 g/mol. The molecule has 3 rings (SSSR count). The first kappa shape index (κ1) is 37.3. The van der Waals surface area contributed by atoms with Crippen molar-refractivity contribution in [2.75, 3.05) is 0 Å². The van der Waals surface area contributed by atoms with Gasteiger partial charge in [-0.1, -0.05) is 30.3 Å². The van der Waals surface area contributed by atoms with Gasteiger partial charge in [-0.05, 0) is 25.8 Å². The summed E-state index contributed by atoms with van der Waals surface area (Å²) in [5, 5.41) is 0. The SMILES string of the molecule is CC1(C)O[C@H]2O[C@H](CCC(F)(F)C(F)(F)C(F)(F)C(F)(F)C(F)(F)C(F)(F)C(F)(F)C(F)(F)F)[C@H](OCc3ccccc3)[C@H]2O1. The molecule has 0 radical (unpaired) electrons. The van der Waals surface area contributed by atoms with Crippen molar-refractivity contribution in [2.45, 2.75) is 111 Å². The van der Waals surface area contributed by atoms with E-state index in [0.717, 1.165) is 0 Å². The van der Waals surface area contributed by atoms with Gasteiger partial charge < -0.3 is 18.9 Å². The van der Waals surface area contributed by atoms with Gasteiger partial charge in [0.25, 0.3) is 0 Å². The van der Waals surface area contributed by atoms with E-state index in [9.17, 15) is 74.6 Å². The van der Waals surface area contributed by atoms with Crippen molar-refractivity contribution in [3.05, 3.63) is 35.9 Å². The number of halogens is 17. The predicted molar refractivity (Wildman–Crippen MR) is 114 cm³/mol. The second-order valence-electron chi connectivity index (χ2n) is 10.6. The summed E-state index contributed by atoms with van der Waals surface area (Å²) in [4.78, 5) is 0. The molecule has 2 fully saturated rings. The van der Waals surface area contributed by atoms with Crippen LogP contribution in [0.2, 0.25) is 0 Å². The van der Waals surface area contributed by atoms with E-state index in [1.807, 2.05) is 0 Å². The van der Waals surface area contributed by atoms with E-state index in [-0.39, 0.29) is 6.61 Å². The van der Waals surface area contributed by atoms with Crippen LogP contribution in [0.15, 0.2) is 30.3 Å². The van der Waals surface area contributed by atoms with Crippen LogP contribution in [0.5, 0.6) is 0 Å². The Balaban J connectivity index is 1.86. The molecular formula is C24H21F17O4. The van der Waals surface area contributed by atoms with Gasteiger partial charge in [0.1, 0.15) is 12.2 Å². The summed E-state index contributed by atoms with van der Waals surface area (Å²) in [5.74, 6) is -58.1. The molecule has 4 nitrogen and oxygen atoms in total. The molecule has 0 aromatic heterocycles. The molecule has 0 N–H and O–H groups in total.